The fraction of sp³-hybridized carbons (Fsp3) is 0.647. The van der Waals surface area contributed by atoms with Gasteiger partial charge in [-0.25, -0.2) is 0 Å². The summed E-state index contributed by atoms with van der Waals surface area (Å²) >= 11 is 6.51. The molecule has 0 aromatic heterocycles. The van der Waals surface area contributed by atoms with Gasteiger partial charge in [0.25, 0.3) is 0 Å². The van der Waals surface area contributed by atoms with E-state index >= 15 is 0 Å². The second-order valence-corrected chi connectivity index (χ2v) is 6.18. The van der Waals surface area contributed by atoms with E-state index in [1.807, 2.05) is 6.07 Å². The monoisotopic (exact) mass is 366 g/mol. The second kappa shape index (κ2) is 11.5. The Morgan fingerprint density at radius 2 is 1.86 bits per heavy atom. The highest BCUT2D eigenvalue weighted by Crippen LogP contribution is 2.34. The zero-order chi connectivity index (χ0) is 14.4. The molecule has 0 saturated carbocycles. The number of hydrogen-bond acceptors (Lipinski definition) is 2. The largest absolute Gasteiger partial charge is 0.314 e. The number of halogens is 3. The van der Waals surface area contributed by atoms with Crippen molar-refractivity contribution in [3.05, 3.63) is 34.3 Å². The molecule has 1 saturated heterocycles. The van der Waals surface area contributed by atoms with Crippen LogP contribution in [0.15, 0.2) is 18.2 Å². The minimum atomic E-state index is 0. The molecule has 1 N–H and O–H groups in total. The standard InChI is InChI=1S/C17H27ClN2.2ClH/c1-3-4-5-9-16(20-12-10-19-11-13-20)17-14(2)7-6-8-15(17)18;;/h6-8,16,19H,3-5,9-13H2,1-2H3;2*1H/t16-;;/m0../s1. The van der Waals surface area contributed by atoms with Crippen molar-refractivity contribution in [2.75, 3.05) is 26.2 Å². The number of piperazine rings is 1. The molecule has 2 rings (SSSR count). The highest BCUT2D eigenvalue weighted by molar-refractivity contribution is 6.31. The third kappa shape index (κ3) is 5.90. The van der Waals surface area contributed by atoms with Crippen molar-refractivity contribution in [3.63, 3.8) is 0 Å². The molecule has 128 valence electrons. The predicted octanol–water partition coefficient (Wildman–Crippen LogP) is 5.02. The Bertz CT molecular complexity index is 400. The van der Waals surface area contributed by atoms with Crippen LogP contribution in [0.1, 0.15) is 49.8 Å². The van der Waals surface area contributed by atoms with E-state index < -0.39 is 0 Å². The van der Waals surface area contributed by atoms with Crippen LogP contribution in [0, 0.1) is 6.92 Å². The smallest absolute Gasteiger partial charge is 0.0456 e. The molecule has 1 aliphatic rings. The molecular weight excluding hydrogens is 339 g/mol. The average Bonchev–Trinajstić information content (AvgIpc) is 2.46. The van der Waals surface area contributed by atoms with Crippen molar-refractivity contribution in [2.45, 2.75) is 45.6 Å². The number of nitrogens with zero attached hydrogens (tertiary/aromatic N) is 1. The first-order chi connectivity index (χ1) is 9.74. The van der Waals surface area contributed by atoms with Crippen LogP contribution in [0.5, 0.6) is 0 Å². The highest BCUT2D eigenvalue weighted by Gasteiger charge is 2.24. The minimum Gasteiger partial charge on any atom is -0.314 e. The normalized spacial score (nSPS) is 16.5. The molecule has 1 aromatic rings. The van der Waals surface area contributed by atoms with Gasteiger partial charge in [0.05, 0.1) is 0 Å². The summed E-state index contributed by atoms with van der Waals surface area (Å²) in [4.78, 5) is 2.61. The number of benzene rings is 1. The maximum atomic E-state index is 6.51. The molecule has 0 spiro atoms. The Morgan fingerprint density at radius 1 is 1.18 bits per heavy atom. The van der Waals surface area contributed by atoms with Crippen molar-refractivity contribution in [1.82, 2.24) is 10.2 Å². The van der Waals surface area contributed by atoms with Gasteiger partial charge in [0, 0.05) is 37.2 Å². The average molecular weight is 368 g/mol. The van der Waals surface area contributed by atoms with E-state index in [1.54, 1.807) is 0 Å². The van der Waals surface area contributed by atoms with E-state index in [2.05, 4.69) is 36.2 Å². The van der Waals surface area contributed by atoms with Gasteiger partial charge in [0.2, 0.25) is 0 Å². The molecule has 0 radical (unpaired) electrons. The SMILES string of the molecule is CCCCC[C@@H](c1c(C)cccc1Cl)N1CCNCC1.Cl.Cl. The summed E-state index contributed by atoms with van der Waals surface area (Å²) in [7, 11) is 0. The third-order valence-corrected chi connectivity index (χ3v) is 4.61. The maximum absolute atomic E-state index is 6.51. The Morgan fingerprint density at radius 3 is 2.45 bits per heavy atom. The fourth-order valence-electron chi connectivity index (χ4n) is 3.16. The van der Waals surface area contributed by atoms with Crippen molar-refractivity contribution in [1.29, 1.82) is 0 Å². The van der Waals surface area contributed by atoms with Gasteiger partial charge in [-0.3, -0.25) is 4.90 Å². The van der Waals surface area contributed by atoms with Crippen molar-refractivity contribution in [3.8, 4) is 0 Å². The van der Waals surface area contributed by atoms with Gasteiger partial charge in [0.15, 0.2) is 0 Å². The molecule has 0 unspecified atom stereocenters. The lowest BCUT2D eigenvalue weighted by Crippen LogP contribution is -2.45. The van der Waals surface area contributed by atoms with Crippen LogP contribution in [0.4, 0.5) is 0 Å². The molecule has 5 heteroatoms. The lowest BCUT2D eigenvalue weighted by Gasteiger charge is -2.36. The number of unbranched alkanes of at least 4 members (excludes halogenated alkanes) is 2. The molecule has 0 amide bonds. The van der Waals surface area contributed by atoms with Crippen LogP contribution < -0.4 is 5.32 Å². The Kier molecular flexibility index (Phi) is 11.5. The molecule has 0 aliphatic carbocycles. The summed E-state index contributed by atoms with van der Waals surface area (Å²) in [5.41, 5.74) is 2.68. The molecule has 1 heterocycles. The van der Waals surface area contributed by atoms with E-state index in [4.69, 9.17) is 11.6 Å². The van der Waals surface area contributed by atoms with Crippen LogP contribution in [0.25, 0.3) is 0 Å². The Hall–Kier alpha value is 0.01000. The minimum absolute atomic E-state index is 0. The Labute approximate surface area is 152 Å². The van der Waals surface area contributed by atoms with Gasteiger partial charge < -0.3 is 5.32 Å². The maximum Gasteiger partial charge on any atom is 0.0456 e. The summed E-state index contributed by atoms with van der Waals surface area (Å²) < 4.78 is 0. The van der Waals surface area contributed by atoms with E-state index in [9.17, 15) is 0 Å². The van der Waals surface area contributed by atoms with Gasteiger partial charge in [-0.2, -0.15) is 0 Å². The molecule has 1 aliphatic heterocycles. The molecule has 1 aromatic carbocycles. The summed E-state index contributed by atoms with van der Waals surface area (Å²) in [5, 5.41) is 4.38. The quantitative estimate of drug-likeness (QED) is 0.710. The molecule has 1 fully saturated rings. The Balaban J connectivity index is 0.00000220. The second-order valence-electron chi connectivity index (χ2n) is 5.77. The van der Waals surface area contributed by atoms with E-state index in [1.165, 1.54) is 36.8 Å². The molecule has 2 nitrogen and oxygen atoms in total. The lowest BCUT2D eigenvalue weighted by atomic mass is 9.94. The van der Waals surface area contributed by atoms with Crippen LogP contribution in [0.3, 0.4) is 0 Å². The van der Waals surface area contributed by atoms with E-state index in [-0.39, 0.29) is 24.8 Å². The summed E-state index contributed by atoms with van der Waals surface area (Å²) in [6, 6.07) is 6.77. The van der Waals surface area contributed by atoms with E-state index in [0.717, 1.165) is 31.2 Å². The zero-order valence-electron chi connectivity index (χ0n) is 13.6. The van der Waals surface area contributed by atoms with Crippen LogP contribution in [-0.4, -0.2) is 31.1 Å². The first-order valence-corrected chi connectivity index (χ1v) is 8.31. The zero-order valence-corrected chi connectivity index (χ0v) is 16.0. The highest BCUT2D eigenvalue weighted by atomic mass is 35.5. The first-order valence-electron chi connectivity index (χ1n) is 7.93. The summed E-state index contributed by atoms with van der Waals surface area (Å²) in [6.07, 6.45) is 5.09. The molecule has 1 atom stereocenters. The van der Waals surface area contributed by atoms with Gasteiger partial charge in [-0.05, 0) is 30.5 Å². The van der Waals surface area contributed by atoms with Gasteiger partial charge >= 0.3 is 0 Å². The lowest BCUT2D eigenvalue weighted by molar-refractivity contribution is 0.162. The van der Waals surface area contributed by atoms with Crippen LogP contribution >= 0.6 is 36.4 Å². The summed E-state index contributed by atoms with van der Waals surface area (Å²) in [6.45, 7) is 8.89. The first kappa shape index (κ1) is 22.0. The molecule has 22 heavy (non-hydrogen) atoms. The van der Waals surface area contributed by atoms with Crippen LogP contribution in [-0.2, 0) is 0 Å². The van der Waals surface area contributed by atoms with Crippen molar-refractivity contribution >= 4 is 36.4 Å². The topological polar surface area (TPSA) is 15.3 Å². The van der Waals surface area contributed by atoms with E-state index in [0.29, 0.717) is 6.04 Å². The van der Waals surface area contributed by atoms with Crippen molar-refractivity contribution in [2.24, 2.45) is 0 Å². The van der Waals surface area contributed by atoms with Gasteiger partial charge in [-0.1, -0.05) is 49.9 Å². The predicted molar refractivity (Wildman–Crippen MR) is 102 cm³/mol. The third-order valence-electron chi connectivity index (χ3n) is 4.28. The number of aryl methyl sites for hydroxylation is 1. The number of hydrogen-bond donors (Lipinski definition) is 1. The van der Waals surface area contributed by atoms with Gasteiger partial charge in [0.1, 0.15) is 0 Å². The number of rotatable bonds is 6. The molecule has 0 bridgehead atoms. The molecular formula is C17H29Cl3N2. The fourth-order valence-corrected chi connectivity index (χ4v) is 3.51. The van der Waals surface area contributed by atoms with Gasteiger partial charge in [-0.15, -0.1) is 24.8 Å². The van der Waals surface area contributed by atoms with Crippen molar-refractivity contribution < 1.29 is 0 Å². The number of nitrogens with one attached hydrogen (secondary N) is 1. The summed E-state index contributed by atoms with van der Waals surface area (Å²) in [5.74, 6) is 0. The van der Waals surface area contributed by atoms with Crippen LogP contribution in [0.2, 0.25) is 5.02 Å².